The lowest BCUT2D eigenvalue weighted by atomic mass is 10.1. The number of carbonyl (C=O) groups is 1. The van der Waals surface area contributed by atoms with Gasteiger partial charge in [0.2, 0.25) is 0 Å². The second-order valence-electron chi connectivity index (χ2n) is 4.89. The molecule has 0 atom stereocenters. The molecule has 126 valence electrons. The molecule has 24 heavy (non-hydrogen) atoms. The number of esters is 1. The lowest BCUT2D eigenvalue weighted by Crippen LogP contribution is -2.01. The number of methoxy groups -OCH3 is 1. The van der Waals surface area contributed by atoms with E-state index in [2.05, 4.69) is 0 Å². The van der Waals surface area contributed by atoms with Gasteiger partial charge in [-0.1, -0.05) is 30.3 Å². The number of rotatable bonds is 7. The monoisotopic (exact) mass is 330 g/mol. The zero-order valence-electron chi connectivity index (χ0n) is 13.6. The van der Waals surface area contributed by atoms with Gasteiger partial charge in [0.05, 0.1) is 13.7 Å². The molecule has 2 rings (SSSR count). The van der Waals surface area contributed by atoms with Gasteiger partial charge in [0, 0.05) is 6.08 Å². The first-order chi connectivity index (χ1) is 11.6. The van der Waals surface area contributed by atoms with Gasteiger partial charge < -0.3 is 14.2 Å². The predicted molar refractivity (Wildman–Crippen MR) is 89.4 cm³/mol. The van der Waals surface area contributed by atoms with E-state index in [4.69, 9.17) is 14.2 Å². The zero-order chi connectivity index (χ0) is 17.4. The summed E-state index contributed by atoms with van der Waals surface area (Å²) in [6.07, 6.45) is 2.70. The molecule has 0 saturated carbocycles. The highest BCUT2D eigenvalue weighted by molar-refractivity contribution is 5.87. The molecule has 0 aliphatic heterocycles. The molecule has 0 heterocycles. The first-order valence-electron chi connectivity index (χ1n) is 7.53. The highest BCUT2D eigenvalue weighted by Gasteiger charge is 2.13. The van der Waals surface area contributed by atoms with E-state index in [9.17, 15) is 9.18 Å². The average Bonchev–Trinajstić information content (AvgIpc) is 2.59. The van der Waals surface area contributed by atoms with Crippen LogP contribution in [0.25, 0.3) is 6.08 Å². The maximum atomic E-state index is 14.3. The Morgan fingerprint density at radius 3 is 2.62 bits per heavy atom. The lowest BCUT2D eigenvalue weighted by molar-refractivity contribution is -0.137. The summed E-state index contributed by atoms with van der Waals surface area (Å²) in [6, 6.07) is 12.3. The van der Waals surface area contributed by atoms with Crippen LogP contribution in [0.15, 0.2) is 48.5 Å². The third-order valence-electron chi connectivity index (χ3n) is 3.18. The topological polar surface area (TPSA) is 44.8 Å². The molecule has 2 aromatic carbocycles. The van der Waals surface area contributed by atoms with Crippen molar-refractivity contribution in [2.75, 3.05) is 13.7 Å². The molecule has 0 unspecified atom stereocenters. The molecule has 4 nitrogen and oxygen atoms in total. The first-order valence-corrected chi connectivity index (χ1v) is 7.53. The molecule has 0 aromatic heterocycles. The van der Waals surface area contributed by atoms with E-state index in [1.54, 1.807) is 13.0 Å². The van der Waals surface area contributed by atoms with Gasteiger partial charge in [-0.05, 0) is 36.3 Å². The summed E-state index contributed by atoms with van der Waals surface area (Å²) < 4.78 is 29.8. The Hall–Kier alpha value is -2.82. The molecule has 0 bridgehead atoms. The Labute approximate surface area is 140 Å². The van der Waals surface area contributed by atoms with Crippen molar-refractivity contribution in [3.05, 3.63) is 65.5 Å². The molecule has 0 aliphatic rings. The lowest BCUT2D eigenvalue weighted by Gasteiger charge is -2.12. The number of ether oxygens (including phenoxy) is 3. The van der Waals surface area contributed by atoms with Crippen LogP contribution in [0, 0.1) is 5.82 Å². The van der Waals surface area contributed by atoms with E-state index in [1.807, 2.05) is 30.3 Å². The standard InChI is InChI=1S/C19H19FO4/c1-3-23-18(21)10-9-15-11-16(20)19(17(12-15)22-2)24-13-14-7-5-4-6-8-14/h4-12H,3,13H2,1-2H3/b10-9+. The normalized spacial score (nSPS) is 10.6. The summed E-state index contributed by atoms with van der Waals surface area (Å²) >= 11 is 0. The molecule has 0 N–H and O–H groups in total. The second kappa shape index (κ2) is 8.72. The summed E-state index contributed by atoms with van der Waals surface area (Å²) in [5.41, 5.74) is 1.40. The minimum absolute atomic E-state index is 0.0367. The van der Waals surface area contributed by atoms with Crippen molar-refractivity contribution in [1.82, 2.24) is 0 Å². The highest BCUT2D eigenvalue weighted by Crippen LogP contribution is 2.32. The van der Waals surface area contributed by atoms with Crippen molar-refractivity contribution in [3.63, 3.8) is 0 Å². The number of halogens is 1. The van der Waals surface area contributed by atoms with Gasteiger partial charge in [-0.3, -0.25) is 0 Å². The first kappa shape index (κ1) is 17.5. The molecule has 0 saturated heterocycles. The van der Waals surface area contributed by atoms with Gasteiger partial charge in [0.15, 0.2) is 17.3 Å². The fourth-order valence-corrected chi connectivity index (χ4v) is 2.06. The van der Waals surface area contributed by atoms with Crippen molar-refractivity contribution in [1.29, 1.82) is 0 Å². The SMILES string of the molecule is CCOC(=O)/C=C/c1cc(F)c(OCc2ccccc2)c(OC)c1. The van der Waals surface area contributed by atoms with Crippen LogP contribution in [0.3, 0.4) is 0 Å². The zero-order valence-corrected chi connectivity index (χ0v) is 13.6. The number of benzene rings is 2. The van der Waals surface area contributed by atoms with E-state index in [-0.39, 0.29) is 24.7 Å². The predicted octanol–water partition coefficient (Wildman–Crippen LogP) is 3.99. The van der Waals surface area contributed by atoms with Crippen LogP contribution in [-0.2, 0) is 16.1 Å². The van der Waals surface area contributed by atoms with Crippen LogP contribution in [0.4, 0.5) is 4.39 Å². The van der Waals surface area contributed by atoms with Crippen LogP contribution >= 0.6 is 0 Å². The van der Waals surface area contributed by atoms with Crippen molar-refractivity contribution >= 4 is 12.0 Å². The minimum atomic E-state index is -0.561. The van der Waals surface area contributed by atoms with Crippen LogP contribution in [0.5, 0.6) is 11.5 Å². The Morgan fingerprint density at radius 2 is 1.96 bits per heavy atom. The van der Waals surface area contributed by atoms with Crippen LogP contribution < -0.4 is 9.47 Å². The Bertz CT molecular complexity index is 711. The van der Waals surface area contributed by atoms with E-state index >= 15 is 0 Å². The third kappa shape index (κ3) is 4.84. The largest absolute Gasteiger partial charge is 0.493 e. The van der Waals surface area contributed by atoms with Crippen molar-refractivity contribution < 1.29 is 23.4 Å². The number of hydrogen-bond acceptors (Lipinski definition) is 4. The van der Waals surface area contributed by atoms with Gasteiger partial charge >= 0.3 is 5.97 Å². The molecule has 5 heteroatoms. The Balaban J connectivity index is 2.16. The fourth-order valence-electron chi connectivity index (χ4n) is 2.06. The third-order valence-corrected chi connectivity index (χ3v) is 3.18. The van der Waals surface area contributed by atoms with E-state index in [0.29, 0.717) is 5.56 Å². The van der Waals surface area contributed by atoms with E-state index in [1.165, 1.54) is 25.3 Å². The van der Waals surface area contributed by atoms with Crippen molar-refractivity contribution in [2.24, 2.45) is 0 Å². The van der Waals surface area contributed by atoms with Gasteiger partial charge in [-0.15, -0.1) is 0 Å². The molecule has 0 radical (unpaired) electrons. The van der Waals surface area contributed by atoms with E-state index in [0.717, 1.165) is 5.56 Å². The molecule has 0 amide bonds. The summed E-state index contributed by atoms with van der Waals surface area (Å²) in [5.74, 6) is -0.751. The number of carbonyl (C=O) groups excluding carboxylic acids is 1. The Morgan fingerprint density at radius 1 is 1.21 bits per heavy atom. The Kier molecular flexibility index (Phi) is 6.37. The maximum absolute atomic E-state index is 14.3. The van der Waals surface area contributed by atoms with Crippen molar-refractivity contribution in [3.8, 4) is 11.5 Å². The summed E-state index contributed by atoms with van der Waals surface area (Å²) in [4.78, 5) is 11.3. The summed E-state index contributed by atoms with van der Waals surface area (Å²) in [6.45, 7) is 2.23. The molecular formula is C19H19FO4. The second-order valence-corrected chi connectivity index (χ2v) is 4.89. The summed E-state index contributed by atoms with van der Waals surface area (Å²) in [7, 11) is 1.43. The summed E-state index contributed by atoms with van der Waals surface area (Å²) in [5, 5.41) is 0. The minimum Gasteiger partial charge on any atom is -0.493 e. The smallest absolute Gasteiger partial charge is 0.330 e. The quantitative estimate of drug-likeness (QED) is 0.569. The average molecular weight is 330 g/mol. The van der Waals surface area contributed by atoms with Gasteiger partial charge in [0.1, 0.15) is 6.61 Å². The molecule has 0 aliphatic carbocycles. The van der Waals surface area contributed by atoms with E-state index < -0.39 is 11.8 Å². The molecular weight excluding hydrogens is 311 g/mol. The molecule has 0 spiro atoms. The van der Waals surface area contributed by atoms with Crippen LogP contribution in [0.1, 0.15) is 18.1 Å². The van der Waals surface area contributed by atoms with Gasteiger partial charge in [-0.2, -0.15) is 0 Å². The molecule has 0 fully saturated rings. The van der Waals surface area contributed by atoms with Gasteiger partial charge in [0.25, 0.3) is 0 Å². The van der Waals surface area contributed by atoms with Crippen LogP contribution in [-0.4, -0.2) is 19.7 Å². The fraction of sp³-hybridized carbons (Fsp3) is 0.211. The van der Waals surface area contributed by atoms with Crippen LogP contribution in [0.2, 0.25) is 0 Å². The number of hydrogen-bond donors (Lipinski definition) is 0. The van der Waals surface area contributed by atoms with Crippen molar-refractivity contribution in [2.45, 2.75) is 13.5 Å². The maximum Gasteiger partial charge on any atom is 0.330 e. The van der Waals surface area contributed by atoms with Gasteiger partial charge in [-0.25, -0.2) is 9.18 Å². The molecule has 2 aromatic rings. The highest BCUT2D eigenvalue weighted by atomic mass is 19.1.